The molecule has 0 fully saturated rings. The highest BCUT2D eigenvalue weighted by Crippen LogP contribution is 2.19. The summed E-state index contributed by atoms with van der Waals surface area (Å²) in [5.74, 6) is 0. The van der Waals surface area contributed by atoms with Gasteiger partial charge in [0.1, 0.15) is 0 Å². The maximum Gasteiger partial charge on any atom is 0.232 e. The van der Waals surface area contributed by atoms with E-state index in [2.05, 4.69) is 10.1 Å². The van der Waals surface area contributed by atoms with E-state index in [0.717, 1.165) is 11.8 Å². The Bertz CT molecular complexity index is 481. The standard InChI is InChI=1S/C9H10N2O3S/c1-15(12,13)9-5-8(11-14-9)7-3-2-4-10-6-7/h2-4,6,9H,5H2,1H3. The van der Waals surface area contributed by atoms with Gasteiger partial charge in [-0.25, -0.2) is 8.42 Å². The highest BCUT2D eigenvalue weighted by molar-refractivity contribution is 7.91. The molecule has 1 aliphatic rings. The van der Waals surface area contributed by atoms with Crippen LogP contribution in [-0.2, 0) is 14.7 Å². The second-order valence-corrected chi connectivity index (χ2v) is 5.53. The summed E-state index contributed by atoms with van der Waals surface area (Å²) in [6, 6.07) is 3.59. The van der Waals surface area contributed by atoms with Gasteiger partial charge in [0.2, 0.25) is 5.44 Å². The van der Waals surface area contributed by atoms with Crippen molar-refractivity contribution in [2.75, 3.05) is 6.26 Å². The Hall–Kier alpha value is -1.43. The van der Waals surface area contributed by atoms with E-state index in [-0.39, 0.29) is 6.42 Å². The Labute approximate surface area is 87.7 Å². The van der Waals surface area contributed by atoms with Gasteiger partial charge in [-0.2, -0.15) is 0 Å². The topological polar surface area (TPSA) is 68.6 Å². The molecule has 1 aromatic rings. The highest BCUT2D eigenvalue weighted by atomic mass is 32.2. The number of oxime groups is 1. The molecule has 2 rings (SSSR count). The Morgan fingerprint density at radius 2 is 2.33 bits per heavy atom. The van der Waals surface area contributed by atoms with Crippen molar-refractivity contribution in [1.29, 1.82) is 0 Å². The smallest absolute Gasteiger partial charge is 0.232 e. The SMILES string of the molecule is CS(=O)(=O)C1CC(c2cccnc2)=NO1. The van der Waals surface area contributed by atoms with E-state index >= 15 is 0 Å². The number of hydrogen-bond donors (Lipinski definition) is 0. The molecule has 0 amide bonds. The summed E-state index contributed by atoms with van der Waals surface area (Å²) in [5.41, 5.74) is 0.565. The molecule has 6 heteroatoms. The zero-order valence-electron chi connectivity index (χ0n) is 8.12. The van der Waals surface area contributed by atoms with Crippen LogP contribution in [0.4, 0.5) is 0 Å². The number of sulfone groups is 1. The van der Waals surface area contributed by atoms with E-state index in [1.165, 1.54) is 0 Å². The van der Waals surface area contributed by atoms with Crippen molar-refractivity contribution >= 4 is 15.5 Å². The maximum atomic E-state index is 11.2. The molecule has 1 atom stereocenters. The molecule has 0 N–H and O–H groups in total. The monoisotopic (exact) mass is 226 g/mol. The molecular formula is C9H10N2O3S. The van der Waals surface area contributed by atoms with Gasteiger partial charge in [-0.05, 0) is 12.1 Å². The lowest BCUT2D eigenvalue weighted by molar-refractivity contribution is 0.141. The fourth-order valence-electron chi connectivity index (χ4n) is 1.29. The predicted molar refractivity (Wildman–Crippen MR) is 55.1 cm³/mol. The van der Waals surface area contributed by atoms with Crippen LogP contribution in [0, 0.1) is 0 Å². The maximum absolute atomic E-state index is 11.2. The Kier molecular flexibility index (Phi) is 2.44. The van der Waals surface area contributed by atoms with E-state index < -0.39 is 15.3 Å². The van der Waals surface area contributed by atoms with Crippen molar-refractivity contribution in [3.8, 4) is 0 Å². The third kappa shape index (κ3) is 2.15. The molecule has 5 nitrogen and oxygen atoms in total. The van der Waals surface area contributed by atoms with Gasteiger partial charge in [-0.1, -0.05) is 5.16 Å². The minimum atomic E-state index is -3.20. The molecule has 0 aliphatic carbocycles. The highest BCUT2D eigenvalue weighted by Gasteiger charge is 2.30. The van der Waals surface area contributed by atoms with E-state index in [9.17, 15) is 8.42 Å². The van der Waals surface area contributed by atoms with Crippen molar-refractivity contribution in [1.82, 2.24) is 4.98 Å². The number of pyridine rings is 1. The summed E-state index contributed by atoms with van der Waals surface area (Å²) >= 11 is 0. The van der Waals surface area contributed by atoms with Gasteiger partial charge in [0.25, 0.3) is 0 Å². The van der Waals surface area contributed by atoms with Crippen LogP contribution >= 0.6 is 0 Å². The normalized spacial score (nSPS) is 20.9. The first kappa shape index (κ1) is 10.1. The molecule has 0 aromatic carbocycles. The zero-order chi connectivity index (χ0) is 10.9. The van der Waals surface area contributed by atoms with Crippen molar-refractivity contribution < 1.29 is 13.3 Å². The Morgan fingerprint density at radius 1 is 1.53 bits per heavy atom. The fraction of sp³-hybridized carbons (Fsp3) is 0.333. The van der Waals surface area contributed by atoms with E-state index in [1.807, 2.05) is 6.07 Å². The molecule has 0 saturated heterocycles. The minimum absolute atomic E-state index is 0.282. The van der Waals surface area contributed by atoms with Gasteiger partial charge in [0, 0.05) is 30.6 Å². The molecular weight excluding hydrogens is 216 g/mol. The summed E-state index contributed by atoms with van der Waals surface area (Å²) in [6.07, 6.45) is 4.70. The second-order valence-electron chi connectivity index (χ2n) is 3.35. The van der Waals surface area contributed by atoms with Crippen molar-refractivity contribution in [3.63, 3.8) is 0 Å². The molecule has 0 bridgehead atoms. The second kappa shape index (κ2) is 3.62. The predicted octanol–water partition coefficient (Wildman–Crippen LogP) is 0.577. The van der Waals surface area contributed by atoms with E-state index in [1.54, 1.807) is 18.5 Å². The van der Waals surface area contributed by atoms with Gasteiger partial charge >= 0.3 is 0 Å². The molecule has 1 unspecified atom stereocenters. The van der Waals surface area contributed by atoms with Gasteiger partial charge in [0.05, 0.1) is 5.71 Å². The van der Waals surface area contributed by atoms with Crippen LogP contribution < -0.4 is 0 Å². The Balaban J connectivity index is 2.18. The van der Waals surface area contributed by atoms with Gasteiger partial charge in [-0.15, -0.1) is 0 Å². The molecule has 0 radical (unpaired) electrons. The van der Waals surface area contributed by atoms with E-state index in [0.29, 0.717) is 5.71 Å². The van der Waals surface area contributed by atoms with Crippen molar-refractivity contribution in [2.24, 2.45) is 5.16 Å². The molecule has 80 valence electrons. The lowest BCUT2D eigenvalue weighted by Crippen LogP contribution is -2.19. The van der Waals surface area contributed by atoms with Gasteiger partial charge < -0.3 is 4.84 Å². The number of aromatic nitrogens is 1. The van der Waals surface area contributed by atoms with Crippen LogP contribution in [0.2, 0.25) is 0 Å². The lowest BCUT2D eigenvalue weighted by Gasteiger charge is -2.03. The zero-order valence-corrected chi connectivity index (χ0v) is 8.94. The number of nitrogens with zero attached hydrogens (tertiary/aromatic N) is 2. The summed E-state index contributed by atoms with van der Waals surface area (Å²) in [5, 5.41) is 3.75. The third-order valence-corrected chi connectivity index (χ3v) is 3.32. The largest absolute Gasteiger partial charge is 0.375 e. The minimum Gasteiger partial charge on any atom is -0.375 e. The summed E-state index contributed by atoms with van der Waals surface area (Å²) in [4.78, 5) is 8.79. The first-order chi connectivity index (χ1) is 7.07. The molecule has 1 aromatic heterocycles. The third-order valence-electron chi connectivity index (χ3n) is 2.11. The average Bonchev–Trinajstić information content (AvgIpc) is 2.67. The van der Waals surface area contributed by atoms with Crippen LogP contribution in [0.15, 0.2) is 29.7 Å². The van der Waals surface area contributed by atoms with Gasteiger partial charge in [0.15, 0.2) is 9.84 Å². The number of hydrogen-bond acceptors (Lipinski definition) is 5. The number of rotatable bonds is 2. The van der Waals surface area contributed by atoms with Crippen LogP contribution in [0.1, 0.15) is 12.0 Å². The van der Waals surface area contributed by atoms with Crippen LogP contribution in [0.3, 0.4) is 0 Å². The van der Waals surface area contributed by atoms with Crippen LogP contribution in [0.5, 0.6) is 0 Å². The Morgan fingerprint density at radius 3 is 2.87 bits per heavy atom. The summed E-state index contributed by atoms with van der Waals surface area (Å²) in [7, 11) is -3.20. The first-order valence-corrected chi connectivity index (χ1v) is 6.35. The molecule has 1 aliphatic heterocycles. The van der Waals surface area contributed by atoms with Gasteiger partial charge in [-0.3, -0.25) is 4.98 Å². The van der Waals surface area contributed by atoms with Crippen molar-refractivity contribution in [3.05, 3.63) is 30.1 Å². The summed E-state index contributed by atoms with van der Waals surface area (Å²) in [6.45, 7) is 0. The first-order valence-electron chi connectivity index (χ1n) is 4.39. The average molecular weight is 226 g/mol. The quantitative estimate of drug-likeness (QED) is 0.739. The molecule has 15 heavy (non-hydrogen) atoms. The fourth-order valence-corrected chi connectivity index (χ4v) is 1.95. The summed E-state index contributed by atoms with van der Waals surface area (Å²) < 4.78 is 22.4. The molecule has 0 saturated carbocycles. The van der Waals surface area contributed by atoms with E-state index in [4.69, 9.17) is 4.84 Å². The van der Waals surface area contributed by atoms with Crippen molar-refractivity contribution in [2.45, 2.75) is 11.9 Å². The van der Waals surface area contributed by atoms with Crippen LogP contribution in [-0.4, -0.2) is 30.8 Å². The lowest BCUT2D eigenvalue weighted by atomic mass is 10.1. The molecule has 0 spiro atoms. The van der Waals surface area contributed by atoms with Crippen LogP contribution in [0.25, 0.3) is 0 Å². The molecule has 2 heterocycles.